The molecule has 0 heterocycles. The molecule has 1 amide bonds. The molecule has 1 atom stereocenters. The second kappa shape index (κ2) is 6.00. The van der Waals surface area contributed by atoms with Gasteiger partial charge in [-0.25, -0.2) is 4.79 Å². The fourth-order valence-electron chi connectivity index (χ4n) is 2.07. The third-order valence-electron chi connectivity index (χ3n) is 3.29. The first-order valence-corrected chi connectivity index (χ1v) is 6.14. The zero-order valence-electron chi connectivity index (χ0n) is 10.2. The van der Waals surface area contributed by atoms with Crippen LogP contribution in [-0.4, -0.2) is 34.2 Å². The van der Waals surface area contributed by atoms with E-state index in [1.54, 1.807) is 0 Å². The van der Waals surface area contributed by atoms with Gasteiger partial charge in [-0.15, -0.1) is 0 Å². The second-order valence-electron chi connectivity index (χ2n) is 5.06. The summed E-state index contributed by atoms with van der Waals surface area (Å²) >= 11 is 0. The molecule has 0 aromatic carbocycles. The fourth-order valence-corrected chi connectivity index (χ4v) is 2.07. The molecule has 1 saturated carbocycles. The predicted molar refractivity (Wildman–Crippen MR) is 62.5 cm³/mol. The molecular formula is C12H21NO4. The number of aliphatic hydroxyl groups is 1. The van der Waals surface area contributed by atoms with Crippen molar-refractivity contribution < 1.29 is 19.8 Å². The van der Waals surface area contributed by atoms with Crippen LogP contribution in [0.15, 0.2) is 0 Å². The molecule has 0 aromatic rings. The first-order chi connectivity index (χ1) is 7.92. The molecule has 1 unspecified atom stereocenters. The van der Waals surface area contributed by atoms with Crippen LogP contribution in [0.4, 0.5) is 0 Å². The maximum atomic E-state index is 11.6. The molecule has 5 heteroatoms. The number of hydrogen-bond donors (Lipinski definition) is 3. The van der Waals surface area contributed by atoms with E-state index in [1.807, 2.05) is 0 Å². The van der Waals surface area contributed by atoms with Gasteiger partial charge in [0.05, 0.1) is 6.54 Å². The van der Waals surface area contributed by atoms with Crippen molar-refractivity contribution in [3.8, 4) is 0 Å². The van der Waals surface area contributed by atoms with Crippen LogP contribution in [0.25, 0.3) is 0 Å². The number of aliphatic carboxylic acids is 1. The quantitative estimate of drug-likeness (QED) is 0.670. The van der Waals surface area contributed by atoms with Gasteiger partial charge in [-0.3, -0.25) is 4.79 Å². The first-order valence-electron chi connectivity index (χ1n) is 6.14. The van der Waals surface area contributed by atoms with E-state index >= 15 is 0 Å². The SMILES string of the molecule is CC(O)(CNC(=O)CC1CCCCC1)C(=O)O. The maximum absolute atomic E-state index is 11.6. The molecule has 1 fully saturated rings. The molecule has 5 nitrogen and oxygen atoms in total. The Bertz CT molecular complexity index is 282. The van der Waals surface area contributed by atoms with Crippen LogP contribution in [0.5, 0.6) is 0 Å². The summed E-state index contributed by atoms with van der Waals surface area (Å²) in [5, 5.41) is 20.6. The van der Waals surface area contributed by atoms with Crippen molar-refractivity contribution in [1.82, 2.24) is 5.32 Å². The van der Waals surface area contributed by atoms with Crippen molar-refractivity contribution in [1.29, 1.82) is 0 Å². The average molecular weight is 243 g/mol. The summed E-state index contributed by atoms with van der Waals surface area (Å²) < 4.78 is 0. The van der Waals surface area contributed by atoms with Crippen molar-refractivity contribution in [2.24, 2.45) is 5.92 Å². The lowest BCUT2D eigenvalue weighted by Crippen LogP contribution is -2.46. The predicted octanol–water partition coefficient (Wildman–Crippen LogP) is 0.909. The molecule has 0 spiro atoms. The molecule has 1 aliphatic rings. The summed E-state index contributed by atoms with van der Waals surface area (Å²) in [6.45, 7) is 0.935. The highest BCUT2D eigenvalue weighted by atomic mass is 16.4. The van der Waals surface area contributed by atoms with E-state index in [0.29, 0.717) is 12.3 Å². The van der Waals surface area contributed by atoms with Crippen LogP contribution in [-0.2, 0) is 9.59 Å². The Morgan fingerprint density at radius 3 is 2.41 bits per heavy atom. The van der Waals surface area contributed by atoms with Gasteiger partial charge in [0.1, 0.15) is 0 Å². The zero-order valence-corrected chi connectivity index (χ0v) is 10.2. The van der Waals surface area contributed by atoms with E-state index in [1.165, 1.54) is 26.2 Å². The molecule has 0 aromatic heterocycles. The second-order valence-corrected chi connectivity index (χ2v) is 5.06. The number of carboxylic acid groups (broad SMARTS) is 1. The first kappa shape index (κ1) is 14.0. The third kappa shape index (κ3) is 4.73. The lowest BCUT2D eigenvalue weighted by atomic mass is 9.87. The molecule has 0 radical (unpaired) electrons. The number of rotatable bonds is 5. The van der Waals surface area contributed by atoms with Crippen LogP contribution >= 0.6 is 0 Å². The molecular weight excluding hydrogens is 222 g/mol. The van der Waals surface area contributed by atoms with Gasteiger partial charge in [0.15, 0.2) is 5.60 Å². The maximum Gasteiger partial charge on any atom is 0.337 e. The average Bonchev–Trinajstić information content (AvgIpc) is 2.28. The molecule has 0 bridgehead atoms. The Labute approximate surface area is 101 Å². The van der Waals surface area contributed by atoms with Crippen molar-refractivity contribution in [3.05, 3.63) is 0 Å². The Balaban J connectivity index is 2.27. The standard InChI is InChI=1S/C12H21NO4/c1-12(17,11(15)16)8-13-10(14)7-9-5-3-2-4-6-9/h9,17H,2-8H2,1H3,(H,13,14)(H,15,16). The molecule has 98 valence electrons. The Kier molecular flexibility index (Phi) is 4.93. The number of carbonyl (C=O) groups is 2. The van der Waals surface area contributed by atoms with Crippen molar-refractivity contribution in [2.75, 3.05) is 6.54 Å². The van der Waals surface area contributed by atoms with E-state index in [9.17, 15) is 14.7 Å². The van der Waals surface area contributed by atoms with E-state index in [2.05, 4.69) is 5.32 Å². The normalized spacial score (nSPS) is 20.6. The lowest BCUT2D eigenvalue weighted by molar-refractivity contribution is -0.156. The van der Waals surface area contributed by atoms with E-state index in [-0.39, 0.29) is 12.5 Å². The number of nitrogens with one attached hydrogen (secondary N) is 1. The molecule has 3 N–H and O–H groups in total. The highest BCUT2D eigenvalue weighted by Gasteiger charge is 2.30. The molecule has 0 saturated heterocycles. The van der Waals surface area contributed by atoms with E-state index in [0.717, 1.165) is 12.8 Å². The van der Waals surface area contributed by atoms with Gasteiger partial charge in [0.2, 0.25) is 5.91 Å². The van der Waals surface area contributed by atoms with Crippen molar-refractivity contribution in [3.63, 3.8) is 0 Å². The monoisotopic (exact) mass is 243 g/mol. The molecule has 0 aliphatic heterocycles. The van der Waals surface area contributed by atoms with Gasteiger partial charge < -0.3 is 15.5 Å². The fraction of sp³-hybridized carbons (Fsp3) is 0.833. The summed E-state index contributed by atoms with van der Waals surface area (Å²) in [6.07, 6.45) is 6.17. The van der Waals surface area contributed by atoms with Gasteiger partial charge in [-0.2, -0.15) is 0 Å². The summed E-state index contributed by atoms with van der Waals surface area (Å²) in [6, 6.07) is 0. The van der Waals surface area contributed by atoms with Crippen LogP contribution in [0.2, 0.25) is 0 Å². The largest absolute Gasteiger partial charge is 0.479 e. The Morgan fingerprint density at radius 2 is 1.88 bits per heavy atom. The van der Waals surface area contributed by atoms with Gasteiger partial charge >= 0.3 is 5.97 Å². The van der Waals surface area contributed by atoms with Crippen LogP contribution in [0.3, 0.4) is 0 Å². The van der Waals surface area contributed by atoms with Crippen LogP contribution in [0, 0.1) is 5.92 Å². The van der Waals surface area contributed by atoms with Gasteiger partial charge in [-0.1, -0.05) is 19.3 Å². The topological polar surface area (TPSA) is 86.6 Å². The van der Waals surface area contributed by atoms with Crippen molar-refractivity contribution >= 4 is 11.9 Å². The lowest BCUT2D eigenvalue weighted by Gasteiger charge is -2.22. The van der Waals surface area contributed by atoms with E-state index < -0.39 is 11.6 Å². The summed E-state index contributed by atoms with van der Waals surface area (Å²) in [5.74, 6) is -1.08. The smallest absolute Gasteiger partial charge is 0.337 e. The highest BCUT2D eigenvalue weighted by Crippen LogP contribution is 2.26. The number of carboxylic acids is 1. The number of amides is 1. The van der Waals surface area contributed by atoms with Gasteiger partial charge in [0.25, 0.3) is 0 Å². The number of hydrogen-bond acceptors (Lipinski definition) is 3. The Hall–Kier alpha value is -1.10. The molecule has 17 heavy (non-hydrogen) atoms. The van der Waals surface area contributed by atoms with Crippen LogP contribution in [0.1, 0.15) is 45.4 Å². The summed E-state index contributed by atoms with van der Waals surface area (Å²) in [7, 11) is 0. The third-order valence-corrected chi connectivity index (χ3v) is 3.29. The number of carbonyl (C=O) groups excluding carboxylic acids is 1. The van der Waals surface area contributed by atoms with E-state index in [4.69, 9.17) is 5.11 Å². The van der Waals surface area contributed by atoms with Crippen molar-refractivity contribution in [2.45, 2.75) is 51.0 Å². The molecule has 1 aliphatic carbocycles. The van der Waals surface area contributed by atoms with Crippen LogP contribution < -0.4 is 5.32 Å². The minimum Gasteiger partial charge on any atom is -0.479 e. The van der Waals surface area contributed by atoms with Gasteiger partial charge in [0, 0.05) is 6.42 Å². The molecule has 1 rings (SSSR count). The highest BCUT2D eigenvalue weighted by molar-refractivity contribution is 5.80. The zero-order chi connectivity index (χ0) is 12.9. The summed E-state index contributed by atoms with van der Waals surface area (Å²) in [4.78, 5) is 22.2. The van der Waals surface area contributed by atoms with Gasteiger partial charge in [-0.05, 0) is 25.7 Å². The Morgan fingerprint density at radius 1 is 1.29 bits per heavy atom. The minimum absolute atomic E-state index is 0.168. The summed E-state index contributed by atoms with van der Waals surface area (Å²) in [5.41, 5.74) is -1.89. The minimum atomic E-state index is -1.89.